The zero-order valence-corrected chi connectivity index (χ0v) is 17.9. The van der Waals surface area contributed by atoms with Gasteiger partial charge in [-0.05, 0) is 35.9 Å². The van der Waals surface area contributed by atoms with Gasteiger partial charge in [0.15, 0.2) is 5.75 Å². The van der Waals surface area contributed by atoms with Crippen molar-refractivity contribution in [3.05, 3.63) is 70.1 Å². The van der Waals surface area contributed by atoms with Crippen molar-refractivity contribution >= 4 is 28.2 Å². The lowest BCUT2D eigenvalue weighted by molar-refractivity contribution is 0.389. The first-order valence-corrected chi connectivity index (χ1v) is 9.79. The second-order valence-corrected chi connectivity index (χ2v) is 7.49. The molecule has 2 aromatic heterocycles. The molecule has 0 saturated heterocycles. The first-order chi connectivity index (χ1) is 14.9. The average Bonchev–Trinajstić information content (AvgIpc) is 2.76. The fourth-order valence-corrected chi connectivity index (χ4v) is 3.49. The number of aromatic nitrogens is 2. The first kappa shape index (κ1) is 20.6. The smallest absolute Gasteiger partial charge is 0.295 e. The van der Waals surface area contributed by atoms with Crippen LogP contribution in [0.25, 0.3) is 22.0 Å². The molecule has 0 bridgehead atoms. The fourth-order valence-electron chi connectivity index (χ4n) is 3.22. The molecule has 158 valence electrons. The van der Waals surface area contributed by atoms with Gasteiger partial charge >= 0.3 is 0 Å². The van der Waals surface area contributed by atoms with Crippen molar-refractivity contribution in [1.82, 2.24) is 9.97 Å². The molecule has 7 nitrogen and oxygen atoms in total. The van der Waals surface area contributed by atoms with Gasteiger partial charge in [-0.3, -0.25) is 4.79 Å². The molecule has 0 aliphatic rings. The molecule has 8 heteroatoms. The van der Waals surface area contributed by atoms with Crippen molar-refractivity contribution in [1.29, 1.82) is 0 Å². The van der Waals surface area contributed by atoms with Crippen LogP contribution in [0.3, 0.4) is 0 Å². The van der Waals surface area contributed by atoms with Gasteiger partial charge in [0, 0.05) is 43.0 Å². The van der Waals surface area contributed by atoms with Crippen LogP contribution in [0.1, 0.15) is 0 Å². The zero-order valence-electron chi connectivity index (χ0n) is 17.1. The Morgan fingerprint density at radius 1 is 1.10 bits per heavy atom. The van der Waals surface area contributed by atoms with E-state index in [1.54, 1.807) is 18.2 Å². The number of halogens is 1. The van der Waals surface area contributed by atoms with Crippen molar-refractivity contribution in [2.75, 3.05) is 26.1 Å². The van der Waals surface area contributed by atoms with Crippen molar-refractivity contribution in [3.63, 3.8) is 0 Å². The predicted molar refractivity (Wildman–Crippen MR) is 122 cm³/mol. The van der Waals surface area contributed by atoms with Crippen molar-refractivity contribution in [2.24, 2.45) is 0 Å². The van der Waals surface area contributed by atoms with Gasteiger partial charge in [0.25, 0.3) is 5.56 Å². The Bertz CT molecular complexity index is 1320. The number of hydrogen-bond donors (Lipinski definition) is 2. The van der Waals surface area contributed by atoms with Gasteiger partial charge in [-0.2, -0.15) is 0 Å². The third-order valence-corrected chi connectivity index (χ3v) is 5.19. The molecule has 0 atom stereocenters. The molecule has 31 heavy (non-hydrogen) atoms. The summed E-state index contributed by atoms with van der Waals surface area (Å²) < 4.78 is 10.7. The number of hydrogen-bond acceptors (Lipinski definition) is 6. The maximum atomic E-state index is 12.5. The number of benzene rings is 2. The third-order valence-electron chi connectivity index (χ3n) is 4.88. The minimum Gasteiger partial charge on any atom is -0.504 e. The monoisotopic (exact) mass is 437 g/mol. The number of fused-ring (bicyclic) bond motifs is 1. The Kier molecular flexibility index (Phi) is 5.44. The number of H-pyrrole nitrogens is 1. The van der Waals surface area contributed by atoms with E-state index in [-0.39, 0.29) is 17.4 Å². The molecular weight excluding hydrogens is 418 g/mol. The summed E-state index contributed by atoms with van der Waals surface area (Å²) in [6.45, 7) is 0. The van der Waals surface area contributed by atoms with E-state index in [4.69, 9.17) is 21.1 Å². The fraction of sp³-hybridized carbons (Fsp3) is 0.130. The van der Waals surface area contributed by atoms with E-state index in [0.29, 0.717) is 27.2 Å². The summed E-state index contributed by atoms with van der Waals surface area (Å²) >= 11 is 6.48. The van der Waals surface area contributed by atoms with Crippen LogP contribution >= 0.6 is 11.6 Å². The van der Waals surface area contributed by atoms with Gasteiger partial charge in [-0.25, -0.2) is 4.98 Å². The summed E-state index contributed by atoms with van der Waals surface area (Å²) in [5.41, 5.74) is 2.43. The van der Waals surface area contributed by atoms with Crippen LogP contribution in [-0.2, 0) is 0 Å². The number of pyridine rings is 2. The largest absolute Gasteiger partial charge is 0.504 e. The number of ether oxygens (including phenoxy) is 2. The van der Waals surface area contributed by atoms with Crippen LogP contribution in [0.15, 0.2) is 59.5 Å². The Morgan fingerprint density at radius 3 is 2.52 bits per heavy atom. The van der Waals surface area contributed by atoms with Gasteiger partial charge in [-0.1, -0.05) is 23.7 Å². The van der Waals surface area contributed by atoms with E-state index in [0.717, 1.165) is 11.3 Å². The van der Waals surface area contributed by atoms with E-state index < -0.39 is 5.56 Å². The number of nitrogens with zero attached hydrogens (tertiary/aromatic N) is 2. The molecule has 2 N–H and O–H groups in total. The Morgan fingerprint density at radius 2 is 1.84 bits per heavy atom. The second kappa shape index (κ2) is 8.20. The molecule has 2 heterocycles. The van der Waals surface area contributed by atoms with E-state index >= 15 is 0 Å². The van der Waals surface area contributed by atoms with Crippen molar-refractivity contribution in [2.45, 2.75) is 0 Å². The lowest BCUT2D eigenvalue weighted by Crippen LogP contribution is -2.09. The normalized spacial score (nSPS) is 10.8. The minimum atomic E-state index is -0.603. The number of rotatable bonds is 5. The minimum absolute atomic E-state index is 0.118. The van der Waals surface area contributed by atoms with Crippen LogP contribution in [0.4, 0.5) is 5.69 Å². The number of nitrogens with one attached hydrogen (secondary N) is 1. The number of aromatic hydroxyl groups is 1. The number of anilines is 1. The van der Waals surface area contributed by atoms with Gasteiger partial charge < -0.3 is 24.5 Å². The highest BCUT2D eigenvalue weighted by atomic mass is 35.5. The third kappa shape index (κ3) is 4.00. The molecular formula is C23H20ClN3O4. The summed E-state index contributed by atoms with van der Waals surface area (Å²) in [5.74, 6) is 0.0700. The van der Waals surface area contributed by atoms with Crippen LogP contribution in [0.2, 0.25) is 5.02 Å². The van der Waals surface area contributed by atoms with Gasteiger partial charge in [0.05, 0.1) is 17.6 Å². The highest BCUT2D eigenvalue weighted by Gasteiger charge is 2.17. The second-order valence-electron chi connectivity index (χ2n) is 7.09. The van der Waals surface area contributed by atoms with Crippen LogP contribution in [0.5, 0.6) is 23.1 Å². The quantitative estimate of drug-likeness (QED) is 0.465. The van der Waals surface area contributed by atoms with Crippen molar-refractivity contribution in [3.8, 4) is 34.3 Å². The van der Waals surface area contributed by atoms with Gasteiger partial charge in [0.2, 0.25) is 11.6 Å². The SMILES string of the molecule is COc1ccnc(Oc2c(O)c3cc(-c4ccc(N(C)C)cc4)c(Cl)cc3[nH]c2=O)c1. The molecule has 0 radical (unpaired) electrons. The summed E-state index contributed by atoms with van der Waals surface area (Å²) in [6, 6.07) is 14.3. The zero-order chi connectivity index (χ0) is 22.1. The summed E-state index contributed by atoms with van der Waals surface area (Å²) in [4.78, 5) is 21.3. The maximum absolute atomic E-state index is 12.5. The van der Waals surface area contributed by atoms with Gasteiger partial charge in [-0.15, -0.1) is 0 Å². The van der Waals surface area contributed by atoms with Crippen LogP contribution in [0, 0.1) is 0 Å². The van der Waals surface area contributed by atoms with E-state index in [2.05, 4.69) is 9.97 Å². The summed E-state index contributed by atoms with van der Waals surface area (Å²) in [5, 5.41) is 11.7. The Balaban J connectivity index is 1.81. The molecule has 4 rings (SSSR count). The molecule has 0 aliphatic carbocycles. The topological polar surface area (TPSA) is 87.7 Å². The molecule has 0 saturated carbocycles. The highest BCUT2D eigenvalue weighted by Crippen LogP contribution is 2.38. The standard InChI is InChI=1S/C23H20ClN3O4/c1-27(2)14-6-4-13(5-7-14)16-11-17-19(12-18(16)24)26-23(29)22(21(17)28)31-20-10-15(30-3)8-9-25-20/h4-12H,1-3H3,(H2,26,28,29). The Labute approximate surface area is 183 Å². The Hall–Kier alpha value is -3.71. The van der Waals surface area contributed by atoms with E-state index in [1.807, 2.05) is 43.3 Å². The number of methoxy groups -OCH3 is 1. The predicted octanol–water partition coefficient (Wildman–Crippen LogP) is 4.82. The molecule has 2 aromatic carbocycles. The van der Waals surface area contributed by atoms with E-state index in [9.17, 15) is 9.90 Å². The summed E-state index contributed by atoms with van der Waals surface area (Å²) in [7, 11) is 5.44. The lowest BCUT2D eigenvalue weighted by Gasteiger charge is -2.14. The molecule has 0 fully saturated rings. The summed E-state index contributed by atoms with van der Waals surface area (Å²) in [6.07, 6.45) is 1.48. The average molecular weight is 438 g/mol. The number of aromatic amines is 1. The van der Waals surface area contributed by atoms with Crippen LogP contribution in [-0.4, -0.2) is 36.3 Å². The van der Waals surface area contributed by atoms with Crippen LogP contribution < -0.4 is 19.9 Å². The van der Waals surface area contributed by atoms with E-state index in [1.165, 1.54) is 19.4 Å². The molecule has 4 aromatic rings. The molecule has 0 spiro atoms. The molecule has 0 amide bonds. The molecule has 0 unspecified atom stereocenters. The first-order valence-electron chi connectivity index (χ1n) is 9.41. The molecule has 0 aliphatic heterocycles. The van der Waals surface area contributed by atoms with Gasteiger partial charge in [0.1, 0.15) is 5.75 Å². The maximum Gasteiger partial charge on any atom is 0.295 e. The lowest BCUT2D eigenvalue weighted by atomic mass is 10.0. The highest BCUT2D eigenvalue weighted by molar-refractivity contribution is 6.34. The van der Waals surface area contributed by atoms with Crippen molar-refractivity contribution < 1.29 is 14.6 Å².